The van der Waals surface area contributed by atoms with E-state index in [4.69, 9.17) is 0 Å². The minimum Gasteiger partial charge on any atom is -0.326 e. The molecule has 0 aliphatic carbocycles. The van der Waals surface area contributed by atoms with Crippen LogP contribution >= 0.6 is 0 Å². The number of carbonyl (C=O) groups is 1. The van der Waals surface area contributed by atoms with Gasteiger partial charge in [0, 0.05) is 25.2 Å². The summed E-state index contributed by atoms with van der Waals surface area (Å²) in [6.07, 6.45) is 5.35. The highest BCUT2D eigenvalue weighted by atomic mass is 32.2. The minimum atomic E-state index is -3.47. The molecule has 6 nitrogen and oxygen atoms in total. The molecule has 2 aliphatic rings. The molecule has 0 spiro atoms. The molecule has 2 N–H and O–H groups in total. The third-order valence-corrected chi connectivity index (χ3v) is 6.91. The Bertz CT molecular complexity index is 693. The fourth-order valence-corrected chi connectivity index (χ4v) is 5.07. The molecule has 2 fully saturated rings. The number of hydrogen-bond donors (Lipinski definition) is 2. The van der Waals surface area contributed by atoms with Gasteiger partial charge in [0.1, 0.15) is 0 Å². The maximum atomic E-state index is 12.7. The van der Waals surface area contributed by atoms with E-state index in [9.17, 15) is 13.2 Å². The second-order valence-electron chi connectivity index (χ2n) is 6.94. The van der Waals surface area contributed by atoms with E-state index in [0.29, 0.717) is 31.1 Å². The number of benzene rings is 1. The molecule has 1 amide bonds. The Labute approximate surface area is 150 Å². The lowest BCUT2D eigenvalue weighted by Crippen LogP contribution is -2.35. The Balaban J connectivity index is 1.61. The first-order chi connectivity index (χ1) is 12.1. The molecule has 2 aliphatic heterocycles. The lowest BCUT2D eigenvalue weighted by Gasteiger charge is -2.26. The van der Waals surface area contributed by atoms with Crippen LogP contribution in [0.25, 0.3) is 0 Å². The zero-order valence-corrected chi connectivity index (χ0v) is 15.4. The fraction of sp³-hybridized carbons (Fsp3) is 0.611. The molecule has 3 rings (SSSR count). The Morgan fingerprint density at radius 3 is 2.76 bits per heavy atom. The van der Waals surface area contributed by atoms with Gasteiger partial charge in [-0.25, -0.2) is 8.42 Å². The summed E-state index contributed by atoms with van der Waals surface area (Å²) in [6.45, 7) is 3.17. The SMILES string of the molecule is O=C(CCC1CCNC1)Nc1cccc(S(=O)(=O)N2CCCCC2)c1. The number of carbonyl (C=O) groups excluding carboxylic acids is 1. The molecule has 25 heavy (non-hydrogen) atoms. The average molecular weight is 365 g/mol. The van der Waals surface area contributed by atoms with Gasteiger partial charge in [0.25, 0.3) is 0 Å². The van der Waals surface area contributed by atoms with Crippen molar-refractivity contribution in [1.82, 2.24) is 9.62 Å². The highest BCUT2D eigenvalue weighted by molar-refractivity contribution is 7.89. The van der Waals surface area contributed by atoms with Crippen LogP contribution < -0.4 is 10.6 Å². The zero-order valence-electron chi connectivity index (χ0n) is 14.5. The molecule has 0 saturated carbocycles. The summed E-state index contributed by atoms with van der Waals surface area (Å²) in [4.78, 5) is 12.4. The highest BCUT2D eigenvalue weighted by Crippen LogP contribution is 2.23. The van der Waals surface area contributed by atoms with Crippen LogP contribution in [0.1, 0.15) is 38.5 Å². The maximum Gasteiger partial charge on any atom is 0.243 e. The second kappa shape index (κ2) is 8.29. The molecule has 1 aromatic rings. The van der Waals surface area contributed by atoms with E-state index in [1.807, 2.05) is 0 Å². The van der Waals surface area contributed by atoms with Crippen molar-refractivity contribution in [2.75, 3.05) is 31.5 Å². The quantitative estimate of drug-likeness (QED) is 0.810. The monoisotopic (exact) mass is 365 g/mol. The molecular weight excluding hydrogens is 338 g/mol. The number of piperidine rings is 1. The van der Waals surface area contributed by atoms with Crippen LogP contribution in [-0.2, 0) is 14.8 Å². The first-order valence-electron chi connectivity index (χ1n) is 9.16. The molecule has 1 atom stereocenters. The fourth-order valence-electron chi connectivity index (χ4n) is 3.51. The van der Waals surface area contributed by atoms with Crippen LogP contribution in [0.4, 0.5) is 5.69 Å². The number of nitrogens with one attached hydrogen (secondary N) is 2. The first kappa shape index (κ1) is 18.4. The van der Waals surface area contributed by atoms with Crippen LogP contribution in [-0.4, -0.2) is 44.8 Å². The maximum absolute atomic E-state index is 12.7. The van der Waals surface area contributed by atoms with Crippen LogP contribution in [0.2, 0.25) is 0 Å². The van der Waals surface area contributed by atoms with Crippen molar-refractivity contribution in [3.8, 4) is 0 Å². The smallest absolute Gasteiger partial charge is 0.243 e. The lowest BCUT2D eigenvalue weighted by molar-refractivity contribution is -0.116. The number of sulfonamides is 1. The van der Waals surface area contributed by atoms with Gasteiger partial charge in [-0.15, -0.1) is 0 Å². The van der Waals surface area contributed by atoms with Crippen molar-refractivity contribution in [3.05, 3.63) is 24.3 Å². The highest BCUT2D eigenvalue weighted by Gasteiger charge is 2.26. The van der Waals surface area contributed by atoms with E-state index in [1.165, 1.54) is 0 Å². The predicted molar refractivity (Wildman–Crippen MR) is 97.9 cm³/mol. The molecule has 2 heterocycles. The lowest BCUT2D eigenvalue weighted by atomic mass is 10.0. The largest absolute Gasteiger partial charge is 0.326 e. The molecule has 1 unspecified atom stereocenters. The first-order valence-corrected chi connectivity index (χ1v) is 10.6. The molecule has 0 aromatic heterocycles. The van der Waals surface area contributed by atoms with Crippen molar-refractivity contribution in [1.29, 1.82) is 0 Å². The van der Waals surface area contributed by atoms with Gasteiger partial charge >= 0.3 is 0 Å². The standard InChI is InChI=1S/C18H27N3O3S/c22-18(8-7-15-9-10-19-14-15)20-16-5-4-6-17(13-16)25(23,24)21-11-2-1-3-12-21/h4-6,13,15,19H,1-3,7-12,14H2,(H,20,22). The molecule has 0 radical (unpaired) electrons. The van der Waals surface area contributed by atoms with Gasteiger partial charge in [0.2, 0.25) is 15.9 Å². The minimum absolute atomic E-state index is 0.0561. The zero-order chi connectivity index (χ0) is 17.7. The summed E-state index contributed by atoms with van der Waals surface area (Å²) in [7, 11) is -3.47. The van der Waals surface area contributed by atoms with Gasteiger partial charge < -0.3 is 10.6 Å². The van der Waals surface area contributed by atoms with Crippen LogP contribution in [0.5, 0.6) is 0 Å². The van der Waals surface area contributed by atoms with Crippen molar-refractivity contribution < 1.29 is 13.2 Å². The van der Waals surface area contributed by atoms with Crippen molar-refractivity contribution in [2.45, 2.75) is 43.4 Å². The van der Waals surface area contributed by atoms with Gasteiger partial charge in [0.05, 0.1) is 4.90 Å². The van der Waals surface area contributed by atoms with E-state index in [-0.39, 0.29) is 10.8 Å². The Kier molecular flexibility index (Phi) is 6.09. The summed E-state index contributed by atoms with van der Waals surface area (Å²) in [5.41, 5.74) is 0.549. The normalized spacial score (nSPS) is 22.0. The van der Waals surface area contributed by atoms with Crippen LogP contribution in [0.15, 0.2) is 29.2 Å². The van der Waals surface area contributed by atoms with E-state index in [1.54, 1.807) is 28.6 Å². The second-order valence-corrected chi connectivity index (χ2v) is 8.88. The molecule has 138 valence electrons. The van der Waals surface area contributed by atoms with Crippen LogP contribution in [0.3, 0.4) is 0 Å². The molecule has 0 bridgehead atoms. The average Bonchev–Trinajstić information content (AvgIpc) is 3.14. The summed E-state index contributed by atoms with van der Waals surface area (Å²) in [5, 5.41) is 6.14. The summed E-state index contributed by atoms with van der Waals surface area (Å²) >= 11 is 0. The van der Waals surface area contributed by atoms with Gasteiger partial charge in [-0.3, -0.25) is 4.79 Å². The molecule has 7 heteroatoms. The van der Waals surface area contributed by atoms with Gasteiger partial charge in [-0.2, -0.15) is 4.31 Å². The molecule has 1 aromatic carbocycles. The van der Waals surface area contributed by atoms with E-state index >= 15 is 0 Å². The molecule has 2 saturated heterocycles. The third kappa shape index (κ3) is 4.80. The third-order valence-electron chi connectivity index (χ3n) is 5.01. The Morgan fingerprint density at radius 1 is 1.24 bits per heavy atom. The summed E-state index contributed by atoms with van der Waals surface area (Å²) in [6, 6.07) is 6.60. The number of amides is 1. The van der Waals surface area contributed by atoms with Gasteiger partial charge in [-0.1, -0.05) is 12.5 Å². The van der Waals surface area contributed by atoms with Gasteiger partial charge in [0.15, 0.2) is 0 Å². The van der Waals surface area contributed by atoms with Crippen LogP contribution in [0, 0.1) is 5.92 Å². The van der Waals surface area contributed by atoms with Crippen molar-refractivity contribution in [3.63, 3.8) is 0 Å². The van der Waals surface area contributed by atoms with E-state index in [0.717, 1.165) is 45.2 Å². The number of hydrogen-bond acceptors (Lipinski definition) is 4. The summed E-state index contributed by atoms with van der Waals surface area (Å²) < 4.78 is 27.0. The van der Waals surface area contributed by atoms with Crippen molar-refractivity contribution in [2.24, 2.45) is 5.92 Å². The number of nitrogens with zero attached hydrogens (tertiary/aromatic N) is 1. The van der Waals surface area contributed by atoms with E-state index < -0.39 is 10.0 Å². The Morgan fingerprint density at radius 2 is 2.04 bits per heavy atom. The predicted octanol–water partition coefficient (Wildman–Crippen LogP) is 2.19. The number of rotatable bonds is 6. The molecular formula is C18H27N3O3S. The van der Waals surface area contributed by atoms with E-state index in [2.05, 4.69) is 10.6 Å². The number of anilines is 1. The van der Waals surface area contributed by atoms with Crippen molar-refractivity contribution >= 4 is 21.6 Å². The topological polar surface area (TPSA) is 78.5 Å². The van der Waals surface area contributed by atoms with Gasteiger partial charge in [-0.05, 0) is 62.9 Å². The summed E-state index contributed by atoms with van der Waals surface area (Å²) in [5.74, 6) is 0.510. The Hall–Kier alpha value is -1.44.